The summed E-state index contributed by atoms with van der Waals surface area (Å²) in [5.41, 5.74) is 4.14. The summed E-state index contributed by atoms with van der Waals surface area (Å²) in [5.74, 6) is 0.535. The van der Waals surface area contributed by atoms with Crippen molar-refractivity contribution in [3.05, 3.63) is 59.7 Å². The van der Waals surface area contributed by atoms with Gasteiger partial charge in [0.05, 0.1) is 5.41 Å². The van der Waals surface area contributed by atoms with Crippen LogP contribution in [-0.4, -0.2) is 12.5 Å². The van der Waals surface area contributed by atoms with E-state index in [1.54, 1.807) is 0 Å². The second-order valence-corrected chi connectivity index (χ2v) is 7.18. The highest BCUT2D eigenvalue weighted by molar-refractivity contribution is 5.87. The Morgan fingerprint density at radius 2 is 1.70 bits per heavy atom. The maximum Gasteiger partial charge on any atom is 0.230 e. The maximum atomic E-state index is 12.5. The molecule has 2 heteroatoms. The number of carbonyl (C=O) groups excluding carboxylic acids is 1. The average Bonchev–Trinajstić information content (AvgIpc) is 2.52. The molecule has 0 aliphatic heterocycles. The lowest BCUT2D eigenvalue weighted by atomic mass is 9.83. The van der Waals surface area contributed by atoms with Crippen LogP contribution in [0.25, 0.3) is 11.1 Å². The SMILES string of the molecule is Cc1cccc(-c2ccc(C(C)(C)C(=O)NCC(C)C)cc2)c1. The number of hydrogen-bond acceptors (Lipinski definition) is 1. The predicted molar refractivity (Wildman–Crippen MR) is 97.5 cm³/mol. The Morgan fingerprint density at radius 3 is 2.26 bits per heavy atom. The van der Waals surface area contributed by atoms with E-state index >= 15 is 0 Å². The molecule has 2 aromatic rings. The van der Waals surface area contributed by atoms with Gasteiger partial charge in [0, 0.05) is 6.54 Å². The van der Waals surface area contributed by atoms with Crippen LogP contribution in [0.15, 0.2) is 48.5 Å². The molecule has 1 amide bonds. The zero-order valence-electron chi connectivity index (χ0n) is 14.8. The van der Waals surface area contributed by atoms with Crippen LogP contribution in [0.1, 0.15) is 38.8 Å². The molecular weight excluding hydrogens is 282 g/mol. The number of benzene rings is 2. The molecule has 0 aliphatic carbocycles. The van der Waals surface area contributed by atoms with E-state index < -0.39 is 5.41 Å². The van der Waals surface area contributed by atoms with Crippen molar-refractivity contribution in [3.8, 4) is 11.1 Å². The number of hydrogen-bond donors (Lipinski definition) is 1. The summed E-state index contributed by atoms with van der Waals surface area (Å²) >= 11 is 0. The highest BCUT2D eigenvalue weighted by atomic mass is 16.2. The van der Waals surface area contributed by atoms with Crippen molar-refractivity contribution in [2.75, 3.05) is 6.54 Å². The summed E-state index contributed by atoms with van der Waals surface area (Å²) in [4.78, 5) is 12.5. The lowest BCUT2D eigenvalue weighted by molar-refractivity contribution is -0.125. The monoisotopic (exact) mass is 309 g/mol. The van der Waals surface area contributed by atoms with E-state index in [2.05, 4.69) is 74.6 Å². The molecule has 0 unspecified atom stereocenters. The van der Waals surface area contributed by atoms with Gasteiger partial charge in [-0.1, -0.05) is 67.9 Å². The quantitative estimate of drug-likeness (QED) is 0.851. The summed E-state index contributed by atoms with van der Waals surface area (Å²) in [6.45, 7) is 11.0. The molecule has 0 aromatic heterocycles. The summed E-state index contributed by atoms with van der Waals surface area (Å²) in [5, 5.41) is 3.04. The van der Waals surface area contributed by atoms with Gasteiger partial charge >= 0.3 is 0 Å². The van der Waals surface area contributed by atoms with Crippen LogP contribution in [0.4, 0.5) is 0 Å². The van der Waals surface area contributed by atoms with Crippen LogP contribution >= 0.6 is 0 Å². The third-order valence-corrected chi connectivity index (χ3v) is 4.20. The molecule has 0 saturated carbocycles. The van der Waals surface area contributed by atoms with Gasteiger partial charge in [0.2, 0.25) is 5.91 Å². The van der Waals surface area contributed by atoms with Gasteiger partial charge < -0.3 is 5.32 Å². The van der Waals surface area contributed by atoms with Gasteiger partial charge in [0.15, 0.2) is 0 Å². The molecule has 0 heterocycles. The second kappa shape index (κ2) is 6.99. The topological polar surface area (TPSA) is 29.1 Å². The summed E-state index contributed by atoms with van der Waals surface area (Å²) in [6, 6.07) is 16.8. The summed E-state index contributed by atoms with van der Waals surface area (Å²) in [7, 11) is 0. The van der Waals surface area contributed by atoms with E-state index in [-0.39, 0.29) is 5.91 Å². The van der Waals surface area contributed by atoms with Crippen LogP contribution in [0.5, 0.6) is 0 Å². The standard InChI is InChI=1S/C21H27NO/c1-15(2)14-22-20(23)21(4,5)19-11-9-17(10-12-19)18-8-6-7-16(3)13-18/h6-13,15H,14H2,1-5H3,(H,22,23). The van der Waals surface area contributed by atoms with Crippen molar-refractivity contribution < 1.29 is 4.79 Å². The highest BCUT2D eigenvalue weighted by Crippen LogP contribution is 2.27. The Bertz CT molecular complexity index is 668. The largest absolute Gasteiger partial charge is 0.355 e. The van der Waals surface area contributed by atoms with Gasteiger partial charge in [-0.15, -0.1) is 0 Å². The molecule has 0 radical (unpaired) electrons. The Labute approximate surface area is 139 Å². The van der Waals surface area contributed by atoms with Crippen LogP contribution in [-0.2, 0) is 10.2 Å². The molecule has 23 heavy (non-hydrogen) atoms. The Hall–Kier alpha value is -2.09. The number of amides is 1. The molecule has 2 aromatic carbocycles. The first kappa shape index (κ1) is 17.3. The fraction of sp³-hybridized carbons (Fsp3) is 0.381. The average molecular weight is 309 g/mol. The van der Waals surface area contributed by atoms with Gasteiger partial charge in [0.25, 0.3) is 0 Å². The molecule has 0 atom stereocenters. The fourth-order valence-electron chi connectivity index (χ4n) is 2.55. The van der Waals surface area contributed by atoms with E-state index in [1.165, 1.54) is 16.7 Å². The molecule has 0 bridgehead atoms. The first-order chi connectivity index (χ1) is 10.8. The normalized spacial score (nSPS) is 11.6. The van der Waals surface area contributed by atoms with Crippen molar-refractivity contribution in [2.45, 2.75) is 40.0 Å². The number of aryl methyl sites for hydroxylation is 1. The highest BCUT2D eigenvalue weighted by Gasteiger charge is 2.29. The minimum atomic E-state index is -0.528. The second-order valence-electron chi connectivity index (χ2n) is 7.18. The van der Waals surface area contributed by atoms with Crippen molar-refractivity contribution in [1.82, 2.24) is 5.32 Å². The van der Waals surface area contributed by atoms with E-state index in [1.807, 2.05) is 13.8 Å². The zero-order valence-corrected chi connectivity index (χ0v) is 14.8. The lowest BCUT2D eigenvalue weighted by Gasteiger charge is -2.25. The van der Waals surface area contributed by atoms with Gasteiger partial charge in [0.1, 0.15) is 0 Å². The maximum absolute atomic E-state index is 12.5. The van der Waals surface area contributed by atoms with Gasteiger partial charge in [-0.3, -0.25) is 4.79 Å². The summed E-state index contributed by atoms with van der Waals surface area (Å²) < 4.78 is 0. The molecule has 1 N–H and O–H groups in total. The van der Waals surface area contributed by atoms with Crippen molar-refractivity contribution in [2.24, 2.45) is 5.92 Å². The smallest absolute Gasteiger partial charge is 0.230 e. The minimum Gasteiger partial charge on any atom is -0.355 e. The van der Waals surface area contributed by atoms with E-state index in [4.69, 9.17) is 0 Å². The minimum absolute atomic E-state index is 0.0782. The van der Waals surface area contributed by atoms with E-state index in [0.29, 0.717) is 12.5 Å². The molecule has 0 saturated heterocycles. The third-order valence-electron chi connectivity index (χ3n) is 4.20. The van der Waals surface area contributed by atoms with E-state index in [0.717, 1.165) is 5.56 Å². The van der Waals surface area contributed by atoms with Crippen molar-refractivity contribution in [3.63, 3.8) is 0 Å². The number of carbonyl (C=O) groups is 1. The first-order valence-electron chi connectivity index (χ1n) is 8.26. The Kier molecular flexibility index (Phi) is 5.25. The predicted octanol–water partition coefficient (Wildman–Crippen LogP) is 4.71. The fourth-order valence-corrected chi connectivity index (χ4v) is 2.55. The van der Waals surface area contributed by atoms with Crippen LogP contribution in [0.3, 0.4) is 0 Å². The van der Waals surface area contributed by atoms with Gasteiger partial charge in [-0.2, -0.15) is 0 Å². The first-order valence-corrected chi connectivity index (χ1v) is 8.26. The van der Waals surface area contributed by atoms with Crippen molar-refractivity contribution >= 4 is 5.91 Å². The molecule has 2 nitrogen and oxygen atoms in total. The number of rotatable bonds is 5. The molecule has 2 rings (SSSR count). The van der Waals surface area contributed by atoms with Crippen LogP contribution in [0.2, 0.25) is 0 Å². The molecule has 0 fully saturated rings. The molecule has 0 aliphatic rings. The van der Waals surface area contributed by atoms with Crippen molar-refractivity contribution in [1.29, 1.82) is 0 Å². The molecule has 122 valence electrons. The lowest BCUT2D eigenvalue weighted by Crippen LogP contribution is -2.41. The molecular formula is C21H27NO. The van der Waals surface area contributed by atoms with Gasteiger partial charge in [-0.25, -0.2) is 0 Å². The Balaban J connectivity index is 2.19. The third kappa shape index (κ3) is 4.22. The van der Waals surface area contributed by atoms with Gasteiger partial charge in [-0.05, 0) is 43.4 Å². The van der Waals surface area contributed by atoms with Crippen LogP contribution < -0.4 is 5.32 Å². The zero-order chi connectivity index (χ0) is 17.0. The summed E-state index contributed by atoms with van der Waals surface area (Å²) in [6.07, 6.45) is 0. The number of nitrogens with one attached hydrogen (secondary N) is 1. The van der Waals surface area contributed by atoms with Crippen LogP contribution in [0, 0.1) is 12.8 Å². The Morgan fingerprint density at radius 1 is 1.04 bits per heavy atom. The van der Waals surface area contributed by atoms with E-state index in [9.17, 15) is 4.79 Å². The molecule has 0 spiro atoms.